The number of hydrogen-bond acceptors (Lipinski definition) is 14. The molecule has 15 rings (SSSR count). The van der Waals surface area contributed by atoms with Crippen molar-refractivity contribution in [2.45, 2.75) is 31.3 Å². The van der Waals surface area contributed by atoms with Crippen LogP contribution < -0.4 is 46.1 Å². The van der Waals surface area contributed by atoms with Gasteiger partial charge in [0.2, 0.25) is 17.7 Å². The zero-order valence-corrected chi connectivity index (χ0v) is 58.4. The molecule has 1 N–H and O–H groups in total. The number of nitrogens with zero attached hydrogens (tertiary/aromatic N) is 11. The van der Waals surface area contributed by atoms with Crippen LogP contribution in [0, 0.1) is 0 Å². The Labute approximate surface area is 611 Å². The Morgan fingerprint density at radius 2 is 0.943 bits per heavy atom. The number of imidazole rings is 3. The van der Waals surface area contributed by atoms with E-state index in [-0.39, 0.29) is 46.9 Å². The summed E-state index contributed by atoms with van der Waals surface area (Å²) in [6.45, 7) is 12.8. The number of likely N-dealkylation sites (tertiary alicyclic amines) is 2. The maximum Gasteiger partial charge on any atom is 0.338 e. The lowest BCUT2D eigenvalue weighted by Gasteiger charge is -2.32. The quantitative estimate of drug-likeness (QED) is 0.0787. The fraction of sp³-hybridized carbons (Fsp3) is 0.138. The van der Waals surface area contributed by atoms with Gasteiger partial charge in [0.15, 0.2) is 0 Å². The molecule has 23 nitrogen and oxygen atoms in total. The van der Waals surface area contributed by atoms with Crippen LogP contribution in [0.4, 0.5) is 5.69 Å². The number of carbonyl (C=O) groups is 3. The zero-order chi connectivity index (χ0) is 73.3. The van der Waals surface area contributed by atoms with Gasteiger partial charge in [0, 0.05) is 67.6 Å². The number of aromatic nitrogens is 9. The van der Waals surface area contributed by atoms with E-state index in [0.717, 1.165) is 23.9 Å². The first-order valence-electron chi connectivity index (χ1n) is 33.3. The molecule has 0 spiro atoms. The number of methoxy groups -OCH3 is 2. The van der Waals surface area contributed by atoms with E-state index in [1.807, 2.05) is 97.1 Å². The highest BCUT2D eigenvalue weighted by Crippen LogP contribution is 2.38. The first kappa shape index (κ1) is 70.4. The standard InChI is InChI=1S/C27H25ClN4O4.C27H20N4O3.C26H23ClN4O4/c1-3-25(33)30-15-5-6-19(17-30)32-21-13-14-29-16-22(21)31(27(32)34)18-9-11-20(12-10-18)36-24-8-4-7-23(35-2)26(24)28;1-2-26(32)29-19-8-6-9-20(16-19)30-24-14-15-28-18-25(24)31(27(30)33)21-10-7-13-23(17-21)34-22-11-4-3-5-12-22;1-3-25(32)29-11-9-19(16-29)31-23-8-10-28-15-24(23)30(26(31)33)18-4-6-20(7-5-18)35-22-13-17(27)12-21(14-22)34-2/h3-4,7-14,16,19H,1,5-6,15,17H2,2H3;2-18H,1H2,(H,29,32);3-8,10,12-15,19H,1,9,11,16H2,2H3/t;;19-/m..1/s1. The summed E-state index contributed by atoms with van der Waals surface area (Å²) in [5.41, 5.74) is 6.80. The summed E-state index contributed by atoms with van der Waals surface area (Å²) in [6.07, 6.45) is 16.1. The van der Waals surface area contributed by atoms with Crippen molar-refractivity contribution in [1.82, 2.24) is 52.2 Å². The number of carbonyl (C=O) groups excluding carboxylic acids is 3. The molecule has 3 amide bonds. The molecule has 6 aromatic heterocycles. The lowest BCUT2D eigenvalue weighted by Crippen LogP contribution is -2.42. The van der Waals surface area contributed by atoms with Crippen LogP contribution in [-0.4, -0.2) is 110 Å². The van der Waals surface area contributed by atoms with Crippen molar-refractivity contribution in [3.63, 3.8) is 0 Å². The molecule has 2 fully saturated rings. The van der Waals surface area contributed by atoms with Gasteiger partial charge < -0.3 is 38.8 Å². The third-order valence-electron chi connectivity index (χ3n) is 17.7. The van der Waals surface area contributed by atoms with Crippen molar-refractivity contribution in [3.8, 4) is 68.7 Å². The molecule has 528 valence electrons. The Kier molecular flexibility index (Phi) is 21.1. The van der Waals surface area contributed by atoms with Crippen LogP contribution in [0.15, 0.2) is 272 Å². The molecule has 0 radical (unpaired) electrons. The fourth-order valence-corrected chi connectivity index (χ4v) is 13.4. The second-order valence-electron chi connectivity index (χ2n) is 24.2. The van der Waals surface area contributed by atoms with Gasteiger partial charge in [-0.2, -0.15) is 0 Å². The lowest BCUT2D eigenvalue weighted by molar-refractivity contribution is -0.127. The molecule has 2 atom stereocenters. The van der Waals surface area contributed by atoms with Gasteiger partial charge >= 0.3 is 17.1 Å². The maximum atomic E-state index is 13.7. The summed E-state index contributed by atoms with van der Waals surface area (Å²) in [5.74, 6) is 4.01. The van der Waals surface area contributed by atoms with Gasteiger partial charge in [0.05, 0.1) is 101 Å². The smallest absolute Gasteiger partial charge is 0.338 e. The highest BCUT2D eigenvalue weighted by molar-refractivity contribution is 6.33. The van der Waals surface area contributed by atoms with E-state index in [2.05, 4.69) is 40.0 Å². The highest BCUT2D eigenvalue weighted by atomic mass is 35.5. The molecule has 13 aromatic rings. The first-order chi connectivity index (χ1) is 51.1. The molecular formula is C80H68Cl2N12O11. The molecule has 105 heavy (non-hydrogen) atoms. The van der Waals surface area contributed by atoms with Gasteiger partial charge in [-0.25, -0.2) is 14.4 Å². The fourth-order valence-electron chi connectivity index (χ4n) is 12.9. The second-order valence-corrected chi connectivity index (χ2v) is 25.0. The Balaban J connectivity index is 0.000000140. The van der Waals surface area contributed by atoms with E-state index < -0.39 is 0 Å². The Bertz CT molecular complexity index is 5630. The van der Waals surface area contributed by atoms with Crippen LogP contribution in [0.25, 0.3) is 55.8 Å². The lowest BCUT2D eigenvalue weighted by atomic mass is 10.1. The molecule has 2 aliphatic heterocycles. The minimum Gasteiger partial charge on any atom is -0.497 e. The molecular weight excluding hydrogens is 1380 g/mol. The van der Waals surface area contributed by atoms with E-state index in [1.165, 1.54) is 18.2 Å². The minimum atomic E-state index is -0.327. The average Bonchev–Trinajstić information content (AvgIpc) is 1.61. The van der Waals surface area contributed by atoms with Crippen LogP contribution in [0.3, 0.4) is 0 Å². The number of ether oxygens (including phenoxy) is 5. The van der Waals surface area contributed by atoms with E-state index in [1.54, 1.807) is 174 Å². The third-order valence-corrected chi connectivity index (χ3v) is 18.3. The molecule has 2 saturated heterocycles. The molecule has 25 heteroatoms. The number of pyridine rings is 3. The van der Waals surface area contributed by atoms with Crippen molar-refractivity contribution in [2.75, 3.05) is 45.7 Å². The van der Waals surface area contributed by atoms with Gasteiger partial charge in [0.1, 0.15) is 51.0 Å². The predicted octanol–water partition coefficient (Wildman–Crippen LogP) is 14.7. The summed E-state index contributed by atoms with van der Waals surface area (Å²) in [5, 5.41) is 3.61. The number of anilines is 1. The number of nitrogens with one attached hydrogen (secondary N) is 1. The monoisotopic (exact) mass is 1440 g/mol. The van der Waals surface area contributed by atoms with Crippen LogP contribution in [0.1, 0.15) is 31.3 Å². The van der Waals surface area contributed by atoms with Gasteiger partial charge in [-0.15, -0.1) is 0 Å². The van der Waals surface area contributed by atoms with Crippen molar-refractivity contribution < 1.29 is 38.1 Å². The normalized spacial score (nSPS) is 13.9. The average molecular weight is 1440 g/mol. The molecule has 0 bridgehead atoms. The second kappa shape index (κ2) is 31.5. The van der Waals surface area contributed by atoms with Crippen molar-refractivity contribution in [3.05, 3.63) is 299 Å². The summed E-state index contributed by atoms with van der Waals surface area (Å²) >= 11 is 12.5. The van der Waals surface area contributed by atoms with Crippen molar-refractivity contribution >= 4 is 79.7 Å². The Hall–Kier alpha value is -13.0. The molecule has 1 unspecified atom stereocenters. The number of para-hydroxylation sites is 1. The summed E-state index contributed by atoms with van der Waals surface area (Å²) in [4.78, 5) is 93.3. The predicted molar refractivity (Wildman–Crippen MR) is 404 cm³/mol. The number of fused-ring (bicyclic) bond motifs is 3. The van der Waals surface area contributed by atoms with Crippen LogP contribution in [-0.2, 0) is 14.4 Å². The van der Waals surface area contributed by atoms with E-state index in [9.17, 15) is 28.8 Å². The maximum absolute atomic E-state index is 13.7. The van der Waals surface area contributed by atoms with Gasteiger partial charge in [-0.3, -0.25) is 56.7 Å². The van der Waals surface area contributed by atoms with Gasteiger partial charge in [-0.1, -0.05) is 79.3 Å². The molecule has 2 aliphatic rings. The van der Waals surface area contributed by atoms with Crippen molar-refractivity contribution in [2.24, 2.45) is 0 Å². The summed E-state index contributed by atoms with van der Waals surface area (Å²) < 4.78 is 38.3. The number of rotatable bonds is 18. The topological polar surface area (TPSA) is 235 Å². The van der Waals surface area contributed by atoms with Crippen LogP contribution in [0.2, 0.25) is 10.0 Å². The Morgan fingerprint density at radius 1 is 0.448 bits per heavy atom. The first-order valence-corrected chi connectivity index (χ1v) is 34.0. The van der Waals surface area contributed by atoms with Gasteiger partial charge in [-0.05, 0) is 171 Å². The number of amides is 3. The highest BCUT2D eigenvalue weighted by Gasteiger charge is 2.31. The van der Waals surface area contributed by atoms with E-state index in [4.69, 9.17) is 46.9 Å². The number of benzene rings is 7. The minimum absolute atomic E-state index is 0.120. The SMILES string of the molecule is C=CC(=O)N1CCCC(n2c(=O)n(-c3ccc(Oc4cccc(OC)c4Cl)cc3)c3cnccc32)C1.C=CC(=O)N1CC[C@@H](n2c(=O)n(-c3ccc(Oc4cc(Cl)cc(OC)c4)cc3)c3cnccc32)C1.C=CC(=O)Nc1cccc(-n2c(=O)n(-c3cccc(Oc4ccccc4)c3)c3cnccc32)c1. The molecule has 0 saturated carbocycles. The summed E-state index contributed by atoms with van der Waals surface area (Å²) in [7, 11) is 3.11. The van der Waals surface area contributed by atoms with Crippen LogP contribution in [0.5, 0.6) is 46.0 Å². The number of piperidine rings is 1. The van der Waals surface area contributed by atoms with Crippen molar-refractivity contribution in [1.29, 1.82) is 0 Å². The van der Waals surface area contributed by atoms with Crippen LogP contribution >= 0.6 is 23.2 Å². The third kappa shape index (κ3) is 15.0. The van der Waals surface area contributed by atoms with E-state index >= 15 is 0 Å². The largest absolute Gasteiger partial charge is 0.497 e. The van der Waals surface area contributed by atoms with Gasteiger partial charge in [0.25, 0.3) is 0 Å². The Morgan fingerprint density at radius 3 is 1.54 bits per heavy atom. The zero-order valence-electron chi connectivity index (χ0n) is 56.9. The van der Waals surface area contributed by atoms with E-state index in [0.29, 0.717) is 139 Å². The molecule has 0 aliphatic carbocycles. The number of halogens is 2. The molecule has 8 heterocycles. The summed E-state index contributed by atoms with van der Waals surface area (Å²) in [6, 6.07) is 53.9. The molecule has 7 aromatic carbocycles. The number of hydrogen-bond donors (Lipinski definition) is 1.